The molecule has 1 aromatic carbocycles. The van der Waals surface area contributed by atoms with Gasteiger partial charge in [0.1, 0.15) is 0 Å². The summed E-state index contributed by atoms with van der Waals surface area (Å²) in [5.41, 5.74) is 3.24. The highest BCUT2D eigenvalue weighted by Gasteiger charge is 2.25. The van der Waals surface area contributed by atoms with Crippen LogP contribution in [-0.4, -0.2) is 11.1 Å². The highest BCUT2D eigenvalue weighted by atomic mass is 16.4. The van der Waals surface area contributed by atoms with Gasteiger partial charge in [-0.05, 0) is 30.5 Å². The number of carbonyl (C=O) groups is 1. The van der Waals surface area contributed by atoms with Crippen molar-refractivity contribution in [3.63, 3.8) is 0 Å². The molecular formula is C13H18O2. The van der Waals surface area contributed by atoms with Gasteiger partial charge >= 0.3 is 5.97 Å². The van der Waals surface area contributed by atoms with Gasteiger partial charge in [0, 0.05) is 5.41 Å². The van der Waals surface area contributed by atoms with Gasteiger partial charge in [-0.25, -0.2) is 0 Å². The Morgan fingerprint density at radius 3 is 2.47 bits per heavy atom. The quantitative estimate of drug-likeness (QED) is 0.825. The predicted molar refractivity (Wildman–Crippen MR) is 61.2 cm³/mol. The van der Waals surface area contributed by atoms with Crippen molar-refractivity contribution in [3.05, 3.63) is 34.9 Å². The van der Waals surface area contributed by atoms with Gasteiger partial charge in [-0.1, -0.05) is 32.0 Å². The molecule has 0 aliphatic carbocycles. The second kappa shape index (κ2) is 4.05. The molecule has 0 unspecified atom stereocenters. The number of aliphatic carboxylic acids is 1. The van der Waals surface area contributed by atoms with E-state index < -0.39 is 5.97 Å². The van der Waals surface area contributed by atoms with Crippen molar-refractivity contribution in [1.82, 2.24) is 0 Å². The Balaban J connectivity index is 3.14. The minimum absolute atomic E-state index is 0.164. The van der Waals surface area contributed by atoms with E-state index in [2.05, 4.69) is 13.0 Å². The number of benzene rings is 1. The molecule has 2 nitrogen and oxygen atoms in total. The average molecular weight is 206 g/mol. The fourth-order valence-electron chi connectivity index (χ4n) is 1.96. The van der Waals surface area contributed by atoms with Crippen LogP contribution in [0, 0.1) is 13.8 Å². The van der Waals surface area contributed by atoms with E-state index in [1.165, 1.54) is 11.1 Å². The number of carboxylic acids is 1. The Hall–Kier alpha value is -1.31. The Morgan fingerprint density at radius 2 is 1.93 bits per heavy atom. The summed E-state index contributed by atoms with van der Waals surface area (Å²) in [6.07, 6.45) is 0.164. The predicted octanol–water partition coefficient (Wildman–Crippen LogP) is 3.06. The zero-order valence-electron chi connectivity index (χ0n) is 9.79. The van der Waals surface area contributed by atoms with Crippen LogP contribution in [0.1, 0.15) is 37.0 Å². The first kappa shape index (κ1) is 11.8. The number of hydrogen-bond acceptors (Lipinski definition) is 1. The average Bonchev–Trinajstić information content (AvgIpc) is 2.07. The zero-order chi connectivity index (χ0) is 11.6. The Morgan fingerprint density at radius 1 is 1.33 bits per heavy atom. The van der Waals surface area contributed by atoms with E-state index in [0.717, 1.165) is 5.56 Å². The standard InChI is InChI=1S/C13H18O2/c1-9-6-5-7-11(10(9)2)13(3,4)8-12(14)15/h5-7H,8H2,1-4H3,(H,14,15). The number of rotatable bonds is 3. The van der Waals surface area contributed by atoms with Crippen LogP contribution in [0.3, 0.4) is 0 Å². The second-order valence-corrected chi connectivity index (χ2v) is 4.70. The van der Waals surface area contributed by atoms with Crippen LogP contribution in [0.25, 0.3) is 0 Å². The summed E-state index contributed by atoms with van der Waals surface area (Å²) >= 11 is 0. The van der Waals surface area contributed by atoms with E-state index in [0.29, 0.717) is 0 Å². The summed E-state index contributed by atoms with van der Waals surface area (Å²) in [4.78, 5) is 10.8. The van der Waals surface area contributed by atoms with Crippen LogP contribution < -0.4 is 0 Å². The maximum atomic E-state index is 10.8. The highest BCUT2D eigenvalue weighted by molar-refractivity contribution is 5.69. The third-order valence-electron chi connectivity index (χ3n) is 2.93. The molecule has 0 fully saturated rings. The second-order valence-electron chi connectivity index (χ2n) is 4.70. The maximum Gasteiger partial charge on any atom is 0.304 e. The molecular weight excluding hydrogens is 188 g/mol. The third-order valence-corrected chi connectivity index (χ3v) is 2.93. The van der Waals surface area contributed by atoms with Gasteiger partial charge in [0.2, 0.25) is 0 Å². The van der Waals surface area contributed by atoms with Gasteiger partial charge < -0.3 is 5.11 Å². The van der Waals surface area contributed by atoms with Gasteiger partial charge in [0.05, 0.1) is 6.42 Å². The minimum atomic E-state index is -0.749. The normalized spacial score (nSPS) is 11.5. The Bertz CT molecular complexity index is 378. The monoisotopic (exact) mass is 206 g/mol. The first-order chi connectivity index (χ1) is 6.84. The van der Waals surface area contributed by atoms with Gasteiger partial charge in [0.15, 0.2) is 0 Å². The molecule has 15 heavy (non-hydrogen) atoms. The summed E-state index contributed by atoms with van der Waals surface area (Å²) in [6, 6.07) is 6.06. The summed E-state index contributed by atoms with van der Waals surface area (Å²) in [6.45, 7) is 8.05. The first-order valence-corrected chi connectivity index (χ1v) is 5.13. The summed E-state index contributed by atoms with van der Waals surface area (Å²) in [5, 5.41) is 8.87. The molecule has 0 aromatic heterocycles. The van der Waals surface area contributed by atoms with Crippen molar-refractivity contribution in [2.45, 2.75) is 39.5 Å². The molecule has 82 valence electrons. The van der Waals surface area contributed by atoms with Crippen LogP contribution >= 0.6 is 0 Å². The Kier molecular flexibility index (Phi) is 3.18. The summed E-state index contributed by atoms with van der Waals surface area (Å²) in [7, 11) is 0. The number of hydrogen-bond donors (Lipinski definition) is 1. The Labute approximate surface area is 90.9 Å². The lowest BCUT2D eigenvalue weighted by Crippen LogP contribution is -2.23. The van der Waals surface area contributed by atoms with E-state index in [1.54, 1.807) is 0 Å². The largest absolute Gasteiger partial charge is 0.481 e. The molecule has 0 spiro atoms. The van der Waals surface area contributed by atoms with Crippen molar-refractivity contribution in [3.8, 4) is 0 Å². The lowest BCUT2D eigenvalue weighted by Gasteiger charge is -2.26. The van der Waals surface area contributed by atoms with Crippen LogP contribution in [0.4, 0.5) is 0 Å². The summed E-state index contributed by atoms with van der Waals surface area (Å²) < 4.78 is 0. The molecule has 1 rings (SSSR count). The minimum Gasteiger partial charge on any atom is -0.481 e. The first-order valence-electron chi connectivity index (χ1n) is 5.13. The molecule has 0 aliphatic heterocycles. The van der Waals surface area contributed by atoms with E-state index in [9.17, 15) is 4.79 Å². The van der Waals surface area contributed by atoms with E-state index in [1.807, 2.05) is 32.9 Å². The summed E-state index contributed by atoms with van der Waals surface area (Å²) in [5.74, 6) is -0.749. The molecule has 0 bridgehead atoms. The van der Waals surface area contributed by atoms with Gasteiger partial charge in [0.25, 0.3) is 0 Å². The fraction of sp³-hybridized carbons (Fsp3) is 0.462. The molecule has 1 N–H and O–H groups in total. The van der Waals surface area contributed by atoms with Crippen molar-refractivity contribution in [2.75, 3.05) is 0 Å². The van der Waals surface area contributed by atoms with Crippen molar-refractivity contribution >= 4 is 5.97 Å². The van der Waals surface area contributed by atoms with Gasteiger partial charge in [-0.15, -0.1) is 0 Å². The molecule has 0 radical (unpaired) electrons. The van der Waals surface area contributed by atoms with Gasteiger partial charge in [-0.2, -0.15) is 0 Å². The topological polar surface area (TPSA) is 37.3 Å². The lowest BCUT2D eigenvalue weighted by atomic mass is 9.78. The highest BCUT2D eigenvalue weighted by Crippen LogP contribution is 2.30. The third kappa shape index (κ3) is 2.58. The van der Waals surface area contributed by atoms with E-state index in [4.69, 9.17) is 5.11 Å². The zero-order valence-corrected chi connectivity index (χ0v) is 9.79. The fourth-order valence-corrected chi connectivity index (χ4v) is 1.96. The molecule has 2 heteroatoms. The lowest BCUT2D eigenvalue weighted by molar-refractivity contribution is -0.138. The molecule has 0 heterocycles. The van der Waals surface area contributed by atoms with Crippen LogP contribution in [0.5, 0.6) is 0 Å². The SMILES string of the molecule is Cc1cccc(C(C)(C)CC(=O)O)c1C. The van der Waals surface area contributed by atoms with E-state index in [-0.39, 0.29) is 11.8 Å². The molecule has 1 aromatic rings. The smallest absolute Gasteiger partial charge is 0.304 e. The molecule has 0 saturated carbocycles. The molecule has 0 aliphatic rings. The van der Waals surface area contributed by atoms with Crippen molar-refractivity contribution < 1.29 is 9.90 Å². The molecule has 0 saturated heterocycles. The van der Waals surface area contributed by atoms with E-state index >= 15 is 0 Å². The maximum absolute atomic E-state index is 10.8. The van der Waals surface area contributed by atoms with Crippen LogP contribution in [0.15, 0.2) is 18.2 Å². The molecule has 0 atom stereocenters. The van der Waals surface area contributed by atoms with Crippen molar-refractivity contribution in [1.29, 1.82) is 0 Å². The molecule has 0 amide bonds. The number of aryl methyl sites for hydroxylation is 1. The number of carboxylic acid groups (broad SMARTS) is 1. The van der Waals surface area contributed by atoms with Crippen LogP contribution in [0.2, 0.25) is 0 Å². The van der Waals surface area contributed by atoms with Crippen LogP contribution in [-0.2, 0) is 10.2 Å². The van der Waals surface area contributed by atoms with Gasteiger partial charge in [-0.3, -0.25) is 4.79 Å². The van der Waals surface area contributed by atoms with Crippen molar-refractivity contribution in [2.24, 2.45) is 0 Å².